The Hall–Kier alpha value is -0.490. The van der Waals surface area contributed by atoms with Crippen LogP contribution < -0.4 is 5.32 Å². The molecular weight excluding hydrogens is 421 g/mol. The first-order valence-electron chi connectivity index (χ1n) is 8.43. The van der Waals surface area contributed by atoms with Crippen LogP contribution in [0.15, 0.2) is 29.3 Å². The first kappa shape index (κ1) is 17.3. The summed E-state index contributed by atoms with van der Waals surface area (Å²) in [6.45, 7) is 2.36. The number of nitrogens with one attached hydrogen (secondary N) is 1. The minimum atomic E-state index is 0. The zero-order valence-corrected chi connectivity index (χ0v) is 16.7. The second kappa shape index (κ2) is 6.79. The summed E-state index contributed by atoms with van der Waals surface area (Å²) in [5.74, 6) is 1.68. The van der Waals surface area contributed by atoms with Gasteiger partial charge in [-0.1, -0.05) is 30.2 Å². The number of likely N-dealkylation sites (tertiary alicyclic amines) is 1. The Bertz CT molecular complexity index is 600. The number of hydrogen-bond acceptors (Lipinski definition) is 1. The van der Waals surface area contributed by atoms with Crippen LogP contribution in [-0.4, -0.2) is 37.0 Å². The molecule has 1 aliphatic heterocycles. The van der Waals surface area contributed by atoms with E-state index in [0.717, 1.165) is 17.5 Å². The molecule has 3 aliphatic rings. The van der Waals surface area contributed by atoms with Crippen molar-refractivity contribution >= 4 is 41.5 Å². The van der Waals surface area contributed by atoms with Gasteiger partial charge in [0.2, 0.25) is 0 Å². The number of nitrogens with zero attached hydrogens (tertiary/aromatic N) is 2. The number of benzene rings is 1. The van der Waals surface area contributed by atoms with E-state index in [9.17, 15) is 0 Å². The molecule has 5 heteroatoms. The smallest absolute Gasteiger partial charge is 0.193 e. The highest BCUT2D eigenvalue weighted by Crippen LogP contribution is 2.48. The highest BCUT2D eigenvalue weighted by atomic mass is 127. The van der Waals surface area contributed by atoms with Gasteiger partial charge in [-0.3, -0.25) is 4.99 Å². The van der Waals surface area contributed by atoms with Crippen molar-refractivity contribution in [1.29, 1.82) is 0 Å². The zero-order valence-electron chi connectivity index (χ0n) is 13.6. The lowest BCUT2D eigenvalue weighted by Crippen LogP contribution is -2.43. The predicted molar refractivity (Wildman–Crippen MR) is 107 cm³/mol. The first-order valence-corrected chi connectivity index (χ1v) is 8.81. The van der Waals surface area contributed by atoms with E-state index in [1.807, 2.05) is 19.2 Å². The molecule has 1 N–H and O–H groups in total. The quantitative estimate of drug-likeness (QED) is 0.418. The Balaban J connectivity index is 0.00000156. The van der Waals surface area contributed by atoms with E-state index in [4.69, 9.17) is 11.6 Å². The Morgan fingerprint density at radius 2 is 2.17 bits per heavy atom. The van der Waals surface area contributed by atoms with Crippen molar-refractivity contribution in [2.24, 2.45) is 10.4 Å². The second-order valence-electron chi connectivity index (χ2n) is 7.22. The molecule has 2 unspecified atom stereocenters. The van der Waals surface area contributed by atoms with Crippen LogP contribution in [0.5, 0.6) is 0 Å². The molecule has 0 radical (unpaired) electrons. The molecule has 1 spiro atoms. The van der Waals surface area contributed by atoms with Crippen LogP contribution in [0.1, 0.15) is 43.6 Å². The summed E-state index contributed by atoms with van der Waals surface area (Å²) in [7, 11) is 1.91. The van der Waals surface area contributed by atoms with E-state index < -0.39 is 0 Å². The molecule has 23 heavy (non-hydrogen) atoms. The zero-order chi connectivity index (χ0) is 15.2. The molecule has 4 rings (SSSR count). The van der Waals surface area contributed by atoms with Gasteiger partial charge < -0.3 is 10.2 Å². The molecule has 0 amide bonds. The van der Waals surface area contributed by atoms with Gasteiger partial charge in [0.05, 0.1) is 0 Å². The normalized spacial score (nSPS) is 28.3. The minimum absolute atomic E-state index is 0. The maximum atomic E-state index is 6.10. The molecule has 3 nitrogen and oxygen atoms in total. The fraction of sp³-hybridized carbons (Fsp3) is 0.611. The molecule has 1 aromatic carbocycles. The topological polar surface area (TPSA) is 27.6 Å². The van der Waals surface area contributed by atoms with Crippen molar-refractivity contribution < 1.29 is 0 Å². The number of rotatable bonds is 2. The Morgan fingerprint density at radius 1 is 1.35 bits per heavy atom. The third-order valence-corrected chi connectivity index (χ3v) is 5.98. The molecule has 0 aromatic heterocycles. The van der Waals surface area contributed by atoms with Crippen LogP contribution in [0.3, 0.4) is 0 Å². The van der Waals surface area contributed by atoms with E-state index in [1.165, 1.54) is 44.2 Å². The maximum absolute atomic E-state index is 6.10. The molecule has 1 heterocycles. The molecule has 0 bridgehead atoms. The highest BCUT2D eigenvalue weighted by Gasteiger charge is 2.45. The molecule has 1 aromatic rings. The van der Waals surface area contributed by atoms with Crippen LogP contribution in [0, 0.1) is 5.41 Å². The number of aliphatic imine (C=N–C) groups is 1. The van der Waals surface area contributed by atoms with Gasteiger partial charge in [0.15, 0.2) is 5.96 Å². The molecule has 126 valence electrons. The van der Waals surface area contributed by atoms with Gasteiger partial charge in [0.25, 0.3) is 0 Å². The average Bonchev–Trinajstić information content (AvgIpc) is 3.10. The van der Waals surface area contributed by atoms with Crippen molar-refractivity contribution in [2.45, 2.75) is 44.1 Å². The van der Waals surface area contributed by atoms with Crippen LogP contribution in [0.2, 0.25) is 5.02 Å². The number of hydrogen-bond donors (Lipinski definition) is 1. The Kier molecular flexibility index (Phi) is 5.12. The lowest BCUT2D eigenvalue weighted by atomic mass is 9.68. The van der Waals surface area contributed by atoms with E-state index in [-0.39, 0.29) is 24.0 Å². The lowest BCUT2D eigenvalue weighted by Gasteiger charge is -2.38. The molecule has 3 fully saturated rings. The van der Waals surface area contributed by atoms with Crippen molar-refractivity contribution in [3.63, 3.8) is 0 Å². The first-order chi connectivity index (χ1) is 10.7. The van der Waals surface area contributed by atoms with Gasteiger partial charge in [-0.15, -0.1) is 24.0 Å². The van der Waals surface area contributed by atoms with Crippen LogP contribution in [0.4, 0.5) is 0 Å². The molecule has 2 saturated carbocycles. The van der Waals surface area contributed by atoms with E-state index in [0.29, 0.717) is 17.4 Å². The summed E-state index contributed by atoms with van der Waals surface area (Å²) in [6.07, 6.45) is 6.76. The Labute approximate surface area is 160 Å². The summed E-state index contributed by atoms with van der Waals surface area (Å²) >= 11 is 6.10. The fourth-order valence-corrected chi connectivity index (χ4v) is 4.32. The third kappa shape index (κ3) is 3.48. The van der Waals surface area contributed by atoms with E-state index in [2.05, 4.69) is 27.3 Å². The van der Waals surface area contributed by atoms with Gasteiger partial charge >= 0.3 is 0 Å². The van der Waals surface area contributed by atoms with E-state index in [1.54, 1.807) is 0 Å². The number of halogens is 2. The van der Waals surface area contributed by atoms with Crippen LogP contribution in [0.25, 0.3) is 0 Å². The number of guanidine groups is 1. The van der Waals surface area contributed by atoms with Crippen molar-refractivity contribution in [3.8, 4) is 0 Å². The average molecular weight is 446 g/mol. The van der Waals surface area contributed by atoms with Crippen LogP contribution >= 0.6 is 35.6 Å². The molecular formula is C18H25ClIN3. The lowest BCUT2D eigenvalue weighted by molar-refractivity contribution is 0.151. The molecule has 1 saturated heterocycles. The van der Waals surface area contributed by atoms with Crippen molar-refractivity contribution in [1.82, 2.24) is 10.2 Å². The summed E-state index contributed by atoms with van der Waals surface area (Å²) < 4.78 is 0. The summed E-state index contributed by atoms with van der Waals surface area (Å²) in [4.78, 5) is 6.99. The maximum Gasteiger partial charge on any atom is 0.193 e. The van der Waals surface area contributed by atoms with Gasteiger partial charge in [-0.05, 0) is 48.8 Å². The summed E-state index contributed by atoms with van der Waals surface area (Å²) in [5, 5.41) is 4.50. The second-order valence-corrected chi connectivity index (χ2v) is 7.66. The predicted octanol–water partition coefficient (Wildman–Crippen LogP) is 4.27. The van der Waals surface area contributed by atoms with Gasteiger partial charge in [-0.2, -0.15) is 0 Å². The third-order valence-electron chi connectivity index (χ3n) is 5.75. The largest absolute Gasteiger partial charge is 0.353 e. The summed E-state index contributed by atoms with van der Waals surface area (Å²) in [6, 6.07) is 8.77. The standard InChI is InChI=1S/C18H24ClN3.HI/c1-20-17(22-9-8-18(12-22)6-3-7-18)21-16-11-15(16)13-4-2-5-14(19)10-13;/h2,4-5,10,15-16H,3,6-9,11-12H2,1H3,(H,20,21);1H. The van der Waals surface area contributed by atoms with Crippen molar-refractivity contribution in [2.75, 3.05) is 20.1 Å². The van der Waals surface area contributed by atoms with Gasteiger partial charge in [-0.25, -0.2) is 0 Å². The molecule has 2 aliphatic carbocycles. The minimum Gasteiger partial charge on any atom is -0.353 e. The SMILES string of the molecule is CN=C(NC1CC1c1cccc(Cl)c1)N1CCC2(CCC2)C1.I. The Morgan fingerprint density at radius 3 is 2.78 bits per heavy atom. The van der Waals surface area contributed by atoms with Crippen LogP contribution in [-0.2, 0) is 0 Å². The fourth-order valence-electron chi connectivity index (χ4n) is 4.12. The monoisotopic (exact) mass is 445 g/mol. The van der Waals surface area contributed by atoms with Crippen molar-refractivity contribution in [3.05, 3.63) is 34.9 Å². The summed E-state index contributed by atoms with van der Waals surface area (Å²) in [5.41, 5.74) is 1.96. The highest BCUT2D eigenvalue weighted by molar-refractivity contribution is 14.0. The van der Waals surface area contributed by atoms with Gasteiger partial charge in [0, 0.05) is 37.1 Å². The molecule has 2 atom stereocenters. The van der Waals surface area contributed by atoms with Gasteiger partial charge in [0.1, 0.15) is 0 Å². The van der Waals surface area contributed by atoms with E-state index >= 15 is 0 Å².